The maximum Gasteiger partial charge on any atom is 1.00 e. The van der Waals surface area contributed by atoms with Gasteiger partial charge in [-0.15, -0.1) is 0 Å². The van der Waals surface area contributed by atoms with Gasteiger partial charge in [-0.2, -0.15) is 0 Å². The van der Waals surface area contributed by atoms with Gasteiger partial charge in [0, 0.05) is 25.1 Å². The largest absolute Gasteiger partial charge is 1.00 e. The molecule has 1 N–H and O–H groups in total. The van der Waals surface area contributed by atoms with Crippen LogP contribution in [0.1, 0.15) is 26.4 Å². The maximum atomic E-state index is 12.7. The number of hydrogen-bond donors (Lipinski definition) is 1. The Balaban J connectivity index is 0.00000128. The number of pyridine rings is 1. The number of rotatable bonds is 5. The van der Waals surface area contributed by atoms with Crippen molar-refractivity contribution in [2.75, 3.05) is 13.2 Å². The van der Waals surface area contributed by atoms with Crippen molar-refractivity contribution in [2.24, 2.45) is 0 Å². The van der Waals surface area contributed by atoms with Crippen LogP contribution >= 0.6 is 0 Å². The summed E-state index contributed by atoms with van der Waals surface area (Å²) in [6, 6.07) is 11.2. The van der Waals surface area contributed by atoms with Crippen LogP contribution in [0, 0.1) is 0 Å². The van der Waals surface area contributed by atoms with Gasteiger partial charge in [0.2, 0.25) is 0 Å². The summed E-state index contributed by atoms with van der Waals surface area (Å²) in [5.74, 6) is 0.582. The molecule has 0 bridgehead atoms. The number of hydrogen-bond acceptors (Lipinski definition) is 6. The number of nitrogens with zero attached hydrogens (tertiary/aromatic N) is 2. The number of H-pyrrole nitrogens is 1. The van der Waals surface area contributed by atoms with E-state index >= 15 is 0 Å². The normalized spacial score (nSPS) is 19.4. The predicted octanol–water partition coefficient (Wildman–Crippen LogP) is 0.0566. The summed E-state index contributed by atoms with van der Waals surface area (Å²) in [6.07, 6.45) is 4.60. The van der Waals surface area contributed by atoms with E-state index in [1.54, 1.807) is 12.3 Å². The molecule has 0 radical (unpaired) electrons. The van der Waals surface area contributed by atoms with E-state index in [1.807, 2.05) is 30.3 Å². The molecular formula is C20H22N3NaO4S. The number of aromatic nitrogens is 3. The van der Waals surface area contributed by atoms with Crippen molar-refractivity contribution < 1.29 is 49.4 Å². The van der Waals surface area contributed by atoms with Gasteiger partial charge in [-0.05, 0) is 24.6 Å². The van der Waals surface area contributed by atoms with E-state index in [4.69, 9.17) is 14.2 Å². The van der Waals surface area contributed by atoms with Crippen LogP contribution in [-0.4, -0.2) is 44.3 Å². The second-order valence-electron chi connectivity index (χ2n) is 7.16. The second kappa shape index (κ2) is 8.83. The Labute approximate surface area is 194 Å². The Kier molecular flexibility index (Phi) is 6.38. The van der Waals surface area contributed by atoms with Crippen molar-refractivity contribution in [3.63, 3.8) is 0 Å². The average Bonchev–Trinajstić information content (AvgIpc) is 3.12. The molecule has 1 atom stereocenters. The van der Waals surface area contributed by atoms with Crippen LogP contribution in [-0.2, 0) is 26.0 Å². The van der Waals surface area contributed by atoms with Gasteiger partial charge in [-0.25, -0.2) is 4.98 Å². The second-order valence-corrected chi connectivity index (χ2v) is 8.52. The summed E-state index contributed by atoms with van der Waals surface area (Å²) in [4.78, 5) is 11.8. The Hall–Kier alpha value is -1.29. The minimum Gasteiger partial charge on any atom is -1.00 e. The molecule has 1 aliphatic heterocycles. The Morgan fingerprint density at radius 3 is 2.76 bits per heavy atom. The first kappa shape index (κ1) is 21.0. The topological polar surface area (TPSA) is 86.3 Å². The minimum atomic E-state index is -1.32. The zero-order valence-corrected chi connectivity index (χ0v) is 19.1. The molecule has 3 heterocycles. The molecule has 1 spiro atoms. The van der Waals surface area contributed by atoms with Crippen molar-refractivity contribution in [3.05, 3.63) is 48.3 Å². The van der Waals surface area contributed by atoms with Crippen LogP contribution in [0.3, 0.4) is 0 Å². The molecule has 5 rings (SSSR count). The molecule has 2 aliphatic rings. The Morgan fingerprint density at radius 1 is 1.24 bits per heavy atom. The quantitative estimate of drug-likeness (QED) is 0.584. The van der Waals surface area contributed by atoms with Crippen molar-refractivity contribution >= 4 is 21.8 Å². The number of nitrogens with one attached hydrogen (secondary N) is 1. The van der Waals surface area contributed by atoms with Gasteiger partial charge < -0.3 is 20.6 Å². The molecule has 1 aromatic carbocycles. The summed E-state index contributed by atoms with van der Waals surface area (Å²) in [5.41, 5.74) is 2.36. The zero-order chi connectivity index (χ0) is 19.0. The van der Waals surface area contributed by atoms with Gasteiger partial charge in [0.05, 0.1) is 46.5 Å². The molecular weight excluding hydrogens is 401 g/mol. The molecule has 148 valence electrons. The van der Waals surface area contributed by atoms with E-state index in [-0.39, 0.29) is 48.6 Å². The summed E-state index contributed by atoms with van der Waals surface area (Å²) >= 11 is 0. The van der Waals surface area contributed by atoms with Crippen LogP contribution in [0.4, 0.5) is 0 Å². The smallest absolute Gasteiger partial charge is 1.00 e. The van der Waals surface area contributed by atoms with Gasteiger partial charge in [-0.1, -0.05) is 12.1 Å². The first-order chi connectivity index (χ1) is 13.7. The van der Waals surface area contributed by atoms with Gasteiger partial charge >= 0.3 is 29.6 Å². The van der Waals surface area contributed by atoms with E-state index in [2.05, 4.69) is 15.0 Å². The molecule has 7 nitrogen and oxygen atoms in total. The monoisotopic (exact) mass is 423 g/mol. The third-order valence-electron chi connectivity index (χ3n) is 5.13. The van der Waals surface area contributed by atoms with E-state index in [0.717, 1.165) is 30.3 Å². The van der Waals surface area contributed by atoms with E-state index in [9.17, 15) is 4.21 Å². The van der Waals surface area contributed by atoms with Crippen LogP contribution in [0.2, 0.25) is 0 Å². The van der Waals surface area contributed by atoms with Gasteiger partial charge in [0.15, 0.2) is 10.9 Å². The number of fused-ring (bicyclic) bond motifs is 1. The molecule has 2 aromatic heterocycles. The van der Waals surface area contributed by atoms with Crippen molar-refractivity contribution in [3.8, 4) is 5.75 Å². The third-order valence-corrected chi connectivity index (χ3v) is 6.32. The molecule has 3 aromatic rings. The number of benzene rings is 1. The number of aromatic amines is 1. The maximum absolute atomic E-state index is 12.7. The van der Waals surface area contributed by atoms with E-state index in [0.29, 0.717) is 29.8 Å². The predicted molar refractivity (Wildman–Crippen MR) is 104 cm³/mol. The van der Waals surface area contributed by atoms with Crippen LogP contribution in [0.5, 0.6) is 5.75 Å². The standard InChI is InChI=1S/C20H21N3O4S.Na.H/c24-28(19-22-17-4-1-2-5-18(17)23-19)13-14-10-15(6-9-21-14)27-16-11-25-20(26-12-16)7-3-8-20;;/h1-2,4-6,9-10,16H,3,7-8,11-13H2,(H,22,23);;/q;+1;-1. The number of para-hydroxylation sites is 2. The number of ether oxygens (including phenoxy) is 3. The zero-order valence-electron chi connectivity index (χ0n) is 17.3. The average molecular weight is 423 g/mol. The van der Waals surface area contributed by atoms with Crippen molar-refractivity contribution in [2.45, 2.75) is 42.1 Å². The van der Waals surface area contributed by atoms with Gasteiger partial charge in [-0.3, -0.25) is 9.19 Å². The van der Waals surface area contributed by atoms with Gasteiger partial charge in [0.25, 0.3) is 0 Å². The first-order valence-corrected chi connectivity index (χ1v) is 10.7. The molecule has 9 heteroatoms. The minimum absolute atomic E-state index is 0. The Bertz CT molecular complexity index is 987. The fraction of sp³-hybridized carbons (Fsp3) is 0.400. The van der Waals surface area contributed by atoms with Crippen molar-refractivity contribution in [1.29, 1.82) is 0 Å². The molecule has 1 saturated heterocycles. The summed E-state index contributed by atoms with van der Waals surface area (Å²) in [6.45, 7) is 1.03. The summed E-state index contributed by atoms with van der Waals surface area (Å²) < 4.78 is 30.4. The van der Waals surface area contributed by atoms with Crippen molar-refractivity contribution in [1.82, 2.24) is 15.0 Å². The first-order valence-electron chi connectivity index (χ1n) is 9.42. The Morgan fingerprint density at radius 2 is 2.03 bits per heavy atom. The van der Waals surface area contributed by atoms with Crippen LogP contribution in [0.15, 0.2) is 47.8 Å². The molecule has 1 saturated carbocycles. The third kappa shape index (κ3) is 4.57. The van der Waals surface area contributed by atoms with E-state index < -0.39 is 10.8 Å². The molecule has 29 heavy (non-hydrogen) atoms. The van der Waals surface area contributed by atoms with E-state index in [1.165, 1.54) is 0 Å². The molecule has 1 aliphatic carbocycles. The molecule has 0 amide bonds. The number of imidazole rings is 1. The van der Waals surface area contributed by atoms with Gasteiger partial charge in [0.1, 0.15) is 11.9 Å². The fourth-order valence-corrected chi connectivity index (χ4v) is 4.43. The summed E-state index contributed by atoms with van der Waals surface area (Å²) in [7, 11) is -1.32. The molecule has 2 fully saturated rings. The van der Waals surface area contributed by atoms with Crippen LogP contribution < -0.4 is 34.3 Å². The summed E-state index contributed by atoms with van der Waals surface area (Å²) in [5, 5.41) is 0.453. The fourth-order valence-electron chi connectivity index (χ4n) is 3.44. The molecule has 1 unspecified atom stereocenters. The van der Waals surface area contributed by atoms with Crippen LogP contribution in [0.25, 0.3) is 11.0 Å². The SMILES string of the molecule is O=S(Cc1cc(OC2COC3(CCC3)OC2)ccn1)c1nc2ccccc2[nH]1.[H-].[Na+].